The molecular weight excluding hydrogens is 226 g/mol. The van der Waals surface area contributed by atoms with Gasteiger partial charge in [0, 0.05) is 6.54 Å². The molecule has 0 bridgehead atoms. The van der Waals surface area contributed by atoms with Gasteiger partial charge in [-0.1, -0.05) is 24.3 Å². The van der Waals surface area contributed by atoms with Crippen LogP contribution in [0.4, 0.5) is 0 Å². The molecule has 1 aromatic rings. The van der Waals surface area contributed by atoms with Crippen molar-refractivity contribution in [1.29, 1.82) is 0 Å². The molecule has 18 heavy (non-hydrogen) atoms. The smallest absolute Gasteiger partial charge is 0.0950 e. The molecule has 0 aromatic heterocycles. The molecule has 2 N–H and O–H groups in total. The predicted molar refractivity (Wildman–Crippen MR) is 74.6 cm³/mol. The van der Waals surface area contributed by atoms with E-state index < -0.39 is 0 Å². The summed E-state index contributed by atoms with van der Waals surface area (Å²) in [6.07, 6.45) is -0.0465. The maximum Gasteiger partial charge on any atom is 0.0950 e. The van der Waals surface area contributed by atoms with Gasteiger partial charge in [-0.3, -0.25) is 0 Å². The van der Waals surface area contributed by atoms with Gasteiger partial charge in [0.15, 0.2) is 0 Å². The Kier molecular flexibility index (Phi) is 5.79. The minimum atomic E-state index is -0.121. The molecule has 0 aliphatic carbocycles. The molecule has 0 fully saturated rings. The summed E-state index contributed by atoms with van der Waals surface area (Å²) in [4.78, 5) is 0. The van der Waals surface area contributed by atoms with E-state index in [1.165, 1.54) is 5.56 Å². The van der Waals surface area contributed by atoms with Gasteiger partial charge in [0.2, 0.25) is 0 Å². The molecule has 1 unspecified atom stereocenters. The van der Waals surface area contributed by atoms with Gasteiger partial charge in [0.1, 0.15) is 0 Å². The Labute approximate surface area is 110 Å². The molecule has 0 amide bonds. The zero-order valence-corrected chi connectivity index (χ0v) is 11.9. The monoisotopic (exact) mass is 251 g/mol. The Morgan fingerprint density at radius 2 is 1.83 bits per heavy atom. The molecule has 0 aliphatic rings. The topological polar surface area (TPSA) is 44.5 Å². The number of aryl methyl sites for hydroxylation is 1. The van der Waals surface area contributed by atoms with Crippen LogP contribution in [0.5, 0.6) is 0 Å². The highest BCUT2D eigenvalue weighted by molar-refractivity contribution is 5.27. The third-order valence-corrected chi connectivity index (χ3v) is 2.69. The average Bonchev–Trinajstić information content (AvgIpc) is 2.29. The molecule has 0 saturated heterocycles. The van der Waals surface area contributed by atoms with Gasteiger partial charge in [-0.05, 0) is 38.8 Å². The molecule has 1 aromatic carbocycles. The van der Waals surface area contributed by atoms with Crippen molar-refractivity contribution in [1.82, 2.24) is 0 Å². The van der Waals surface area contributed by atoms with E-state index in [1.807, 2.05) is 32.9 Å². The number of hydrogen-bond acceptors (Lipinski definition) is 3. The Morgan fingerprint density at radius 1 is 1.17 bits per heavy atom. The molecule has 1 atom stereocenters. The van der Waals surface area contributed by atoms with Gasteiger partial charge in [-0.15, -0.1) is 0 Å². The van der Waals surface area contributed by atoms with E-state index in [0.717, 1.165) is 5.56 Å². The van der Waals surface area contributed by atoms with Crippen LogP contribution in [0.1, 0.15) is 38.0 Å². The minimum Gasteiger partial charge on any atom is -0.373 e. The first kappa shape index (κ1) is 15.2. The number of rotatable bonds is 6. The van der Waals surface area contributed by atoms with Gasteiger partial charge < -0.3 is 15.2 Å². The molecule has 3 nitrogen and oxygen atoms in total. The first-order chi connectivity index (χ1) is 8.44. The lowest BCUT2D eigenvalue weighted by molar-refractivity contribution is -0.0506. The van der Waals surface area contributed by atoms with Crippen molar-refractivity contribution in [3.63, 3.8) is 0 Å². The summed E-state index contributed by atoms with van der Waals surface area (Å²) in [5.41, 5.74) is 8.03. The first-order valence-electron chi connectivity index (χ1n) is 6.45. The van der Waals surface area contributed by atoms with Crippen LogP contribution in [0.25, 0.3) is 0 Å². The van der Waals surface area contributed by atoms with Crippen molar-refractivity contribution in [2.24, 2.45) is 5.73 Å². The van der Waals surface area contributed by atoms with E-state index in [0.29, 0.717) is 19.8 Å². The fourth-order valence-electron chi connectivity index (χ4n) is 1.77. The molecule has 1 rings (SSSR count). The normalized spacial score (nSPS) is 13.6. The van der Waals surface area contributed by atoms with Gasteiger partial charge in [0.25, 0.3) is 0 Å². The SMILES string of the molecule is Cc1ccccc1C(CN)OCCOC(C)(C)C. The van der Waals surface area contributed by atoms with Crippen LogP contribution in [0, 0.1) is 6.92 Å². The zero-order valence-electron chi connectivity index (χ0n) is 11.9. The van der Waals surface area contributed by atoms with Crippen LogP contribution in [-0.2, 0) is 9.47 Å². The highest BCUT2D eigenvalue weighted by Crippen LogP contribution is 2.20. The molecule has 0 saturated carbocycles. The second kappa shape index (κ2) is 6.88. The third kappa shape index (κ3) is 5.17. The fourth-order valence-corrected chi connectivity index (χ4v) is 1.77. The van der Waals surface area contributed by atoms with Crippen LogP contribution < -0.4 is 5.73 Å². The fraction of sp³-hybridized carbons (Fsp3) is 0.600. The number of nitrogens with two attached hydrogens (primary N) is 1. The average molecular weight is 251 g/mol. The highest BCUT2D eigenvalue weighted by atomic mass is 16.5. The lowest BCUT2D eigenvalue weighted by atomic mass is 10.0. The van der Waals surface area contributed by atoms with E-state index in [4.69, 9.17) is 15.2 Å². The molecule has 0 aliphatic heterocycles. The highest BCUT2D eigenvalue weighted by Gasteiger charge is 2.13. The summed E-state index contributed by atoms with van der Waals surface area (Å²) in [6, 6.07) is 8.18. The van der Waals surface area contributed by atoms with Gasteiger partial charge in [0.05, 0.1) is 24.9 Å². The third-order valence-electron chi connectivity index (χ3n) is 2.69. The summed E-state index contributed by atoms with van der Waals surface area (Å²) < 4.78 is 11.4. The number of ether oxygens (including phenoxy) is 2. The van der Waals surface area contributed by atoms with Gasteiger partial charge in [-0.25, -0.2) is 0 Å². The molecule has 102 valence electrons. The Hall–Kier alpha value is -0.900. The molecule has 0 spiro atoms. The largest absolute Gasteiger partial charge is 0.373 e. The zero-order chi connectivity index (χ0) is 13.6. The summed E-state index contributed by atoms with van der Waals surface area (Å²) in [5.74, 6) is 0. The predicted octanol–water partition coefficient (Wildman–Crippen LogP) is 2.83. The maximum absolute atomic E-state index is 5.80. The van der Waals surface area contributed by atoms with Crippen molar-refractivity contribution >= 4 is 0 Å². The van der Waals surface area contributed by atoms with Crippen LogP contribution in [-0.4, -0.2) is 25.4 Å². The lowest BCUT2D eigenvalue weighted by Gasteiger charge is -2.22. The second-order valence-electron chi connectivity index (χ2n) is 5.41. The van der Waals surface area contributed by atoms with Gasteiger partial charge >= 0.3 is 0 Å². The summed E-state index contributed by atoms with van der Waals surface area (Å²) >= 11 is 0. The second-order valence-corrected chi connectivity index (χ2v) is 5.41. The Balaban J connectivity index is 2.46. The van der Waals surface area contributed by atoms with Crippen LogP contribution >= 0.6 is 0 Å². The number of hydrogen-bond donors (Lipinski definition) is 1. The molecule has 0 radical (unpaired) electrons. The Morgan fingerprint density at radius 3 is 2.39 bits per heavy atom. The van der Waals surface area contributed by atoms with E-state index in [9.17, 15) is 0 Å². The quantitative estimate of drug-likeness (QED) is 0.791. The van der Waals surface area contributed by atoms with Crippen molar-refractivity contribution in [3.8, 4) is 0 Å². The standard InChI is InChI=1S/C15H25NO2/c1-12-7-5-6-8-13(12)14(11-16)17-9-10-18-15(2,3)4/h5-8,14H,9-11,16H2,1-4H3. The van der Waals surface area contributed by atoms with Gasteiger partial charge in [-0.2, -0.15) is 0 Å². The summed E-state index contributed by atoms with van der Waals surface area (Å²) in [5, 5.41) is 0. The van der Waals surface area contributed by atoms with Crippen molar-refractivity contribution in [2.75, 3.05) is 19.8 Å². The lowest BCUT2D eigenvalue weighted by Crippen LogP contribution is -2.24. The first-order valence-corrected chi connectivity index (χ1v) is 6.45. The molecular formula is C15H25NO2. The maximum atomic E-state index is 5.80. The van der Waals surface area contributed by atoms with Crippen LogP contribution in [0.2, 0.25) is 0 Å². The van der Waals surface area contributed by atoms with Crippen molar-refractivity contribution in [3.05, 3.63) is 35.4 Å². The molecule has 0 heterocycles. The van der Waals surface area contributed by atoms with Crippen molar-refractivity contribution < 1.29 is 9.47 Å². The number of benzene rings is 1. The summed E-state index contributed by atoms with van der Waals surface area (Å²) in [7, 11) is 0. The van der Waals surface area contributed by atoms with E-state index in [2.05, 4.69) is 19.1 Å². The Bertz CT molecular complexity index is 358. The van der Waals surface area contributed by atoms with Crippen LogP contribution in [0.3, 0.4) is 0 Å². The van der Waals surface area contributed by atoms with E-state index in [-0.39, 0.29) is 11.7 Å². The minimum absolute atomic E-state index is 0.0465. The van der Waals surface area contributed by atoms with Crippen LogP contribution in [0.15, 0.2) is 24.3 Å². The van der Waals surface area contributed by atoms with E-state index >= 15 is 0 Å². The summed E-state index contributed by atoms with van der Waals surface area (Å²) in [6.45, 7) is 9.82. The molecule has 3 heteroatoms. The van der Waals surface area contributed by atoms with E-state index in [1.54, 1.807) is 0 Å². The van der Waals surface area contributed by atoms with Crippen molar-refractivity contribution in [2.45, 2.75) is 39.4 Å².